The van der Waals surface area contributed by atoms with Gasteiger partial charge >= 0.3 is 0 Å². The molecule has 2 rings (SSSR count). The molecule has 66 valence electrons. The summed E-state index contributed by atoms with van der Waals surface area (Å²) in [7, 11) is 0. The highest BCUT2D eigenvalue weighted by Crippen LogP contribution is 2.17. The molecule has 1 aliphatic rings. The maximum atomic E-state index is 4.24. The number of hydrogen-bond acceptors (Lipinski definition) is 2. The molecule has 1 aliphatic heterocycles. The standard InChI is InChI=1S/C9H15N3/c1-8(9-4-2-5-10-9)12-7-3-6-11-12/h3,6-10H,2,4-5H2,1H3/t8-,9+/m1/s1. The molecule has 1 fully saturated rings. The Labute approximate surface area is 72.8 Å². The van der Waals surface area contributed by atoms with Crippen molar-refractivity contribution in [1.29, 1.82) is 0 Å². The van der Waals surface area contributed by atoms with E-state index in [-0.39, 0.29) is 0 Å². The molecule has 2 heterocycles. The molecule has 0 unspecified atom stereocenters. The van der Waals surface area contributed by atoms with E-state index in [2.05, 4.69) is 17.3 Å². The van der Waals surface area contributed by atoms with Crippen LogP contribution in [-0.2, 0) is 0 Å². The van der Waals surface area contributed by atoms with E-state index in [0.29, 0.717) is 12.1 Å². The molecule has 1 N–H and O–H groups in total. The lowest BCUT2D eigenvalue weighted by molar-refractivity contribution is 0.379. The molecule has 0 bridgehead atoms. The van der Waals surface area contributed by atoms with Crippen molar-refractivity contribution in [1.82, 2.24) is 15.1 Å². The summed E-state index contributed by atoms with van der Waals surface area (Å²) in [6.07, 6.45) is 6.45. The molecule has 3 nitrogen and oxygen atoms in total. The van der Waals surface area contributed by atoms with Crippen LogP contribution in [0.25, 0.3) is 0 Å². The van der Waals surface area contributed by atoms with E-state index in [9.17, 15) is 0 Å². The third-order valence-electron chi connectivity index (χ3n) is 2.62. The summed E-state index contributed by atoms with van der Waals surface area (Å²) in [6.45, 7) is 3.38. The SMILES string of the molecule is C[C@H]([C@@H]1CCCN1)n1cccn1. The third-order valence-corrected chi connectivity index (χ3v) is 2.62. The minimum atomic E-state index is 0.488. The van der Waals surface area contributed by atoms with Crippen molar-refractivity contribution in [3.05, 3.63) is 18.5 Å². The summed E-state index contributed by atoms with van der Waals surface area (Å²) >= 11 is 0. The average molecular weight is 165 g/mol. The quantitative estimate of drug-likeness (QED) is 0.713. The molecule has 1 aromatic heterocycles. The fourth-order valence-electron chi connectivity index (χ4n) is 1.83. The fraction of sp³-hybridized carbons (Fsp3) is 0.667. The number of nitrogens with one attached hydrogen (secondary N) is 1. The van der Waals surface area contributed by atoms with Crippen LogP contribution in [0.4, 0.5) is 0 Å². The monoisotopic (exact) mass is 165 g/mol. The van der Waals surface area contributed by atoms with Crippen molar-refractivity contribution in [2.45, 2.75) is 31.8 Å². The molecule has 0 aromatic carbocycles. The Kier molecular flexibility index (Phi) is 2.13. The Hall–Kier alpha value is -0.830. The minimum absolute atomic E-state index is 0.488. The Bertz CT molecular complexity index is 224. The second-order valence-electron chi connectivity index (χ2n) is 3.43. The van der Waals surface area contributed by atoms with Gasteiger partial charge in [-0.15, -0.1) is 0 Å². The van der Waals surface area contributed by atoms with Gasteiger partial charge in [-0.1, -0.05) is 0 Å². The summed E-state index contributed by atoms with van der Waals surface area (Å²) in [5.41, 5.74) is 0. The lowest BCUT2D eigenvalue weighted by Gasteiger charge is -2.19. The van der Waals surface area contributed by atoms with Crippen LogP contribution in [0.3, 0.4) is 0 Å². The topological polar surface area (TPSA) is 29.9 Å². The van der Waals surface area contributed by atoms with Crippen LogP contribution in [0.2, 0.25) is 0 Å². The van der Waals surface area contributed by atoms with Crippen LogP contribution >= 0.6 is 0 Å². The largest absolute Gasteiger partial charge is 0.312 e. The number of aromatic nitrogens is 2. The van der Waals surface area contributed by atoms with Crippen molar-refractivity contribution in [3.63, 3.8) is 0 Å². The molecular weight excluding hydrogens is 150 g/mol. The highest BCUT2D eigenvalue weighted by atomic mass is 15.3. The summed E-state index contributed by atoms with van der Waals surface area (Å²) < 4.78 is 2.03. The van der Waals surface area contributed by atoms with E-state index in [1.54, 1.807) is 0 Å². The first-order valence-electron chi connectivity index (χ1n) is 4.60. The first-order valence-corrected chi connectivity index (χ1v) is 4.60. The maximum absolute atomic E-state index is 4.24. The van der Waals surface area contributed by atoms with Crippen molar-refractivity contribution in [2.75, 3.05) is 6.54 Å². The predicted octanol–water partition coefficient (Wildman–Crippen LogP) is 1.20. The van der Waals surface area contributed by atoms with Crippen LogP contribution < -0.4 is 5.32 Å². The van der Waals surface area contributed by atoms with Crippen molar-refractivity contribution >= 4 is 0 Å². The summed E-state index contributed by atoms with van der Waals surface area (Å²) in [4.78, 5) is 0. The molecule has 1 aromatic rings. The zero-order valence-corrected chi connectivity index (χ0v) is 7.40. The van der Waals surface area contributed by atoms with E-state index in [4.69, 9.17) is 0 Å². The van der Waals surface area contributed by atoms with E-state index >= 15 is 0 Å². The molecule has 0 saturated carbocycles. The first kappa shape index (κ1) is 7.80. The molecular formula is C9H15N3. The van der Waals surface area contributed by atoms with Gasteiger partial charge < -0.3 is 5.32 Å². The Morgan fingerprint density at radius 2 is 2.58 bits per heavy atom. The van der Waals surface area contributed by atoms with E-state index in [0.717, 1.165) is 6.54 Å². The lowest BCUT2D eigenvalue weighted by Crippen LogP contribution is -2.30. The molecule has 0 spiro atoms. The Morgan fingerprint density at radius 1 is 1.67 bits per heavy atom. The van der Waals surface area contributed by atoms with Crippen LogP contribution in [0, 0.1) is 0 Å². The van der Waals surface area contributed by atoms with Crippen LogP contribution in [0.5, 0.6) is 0 Å². The van der Waals surface area contributed by atoms with Gasteiger partial charge in [0.05, 0.1) is 6.04 Å². The average Bonchev–Trinajstić information content (AvgIpc) is 2.77. The summed E-state index contributed by atoms with van der Waals surface area (Å²) in [5, 5.41) is 7.72. The zero-order chi connectivity index (χ0) is 8.39. The van der Waals surface area contributed by atoms with Crippen LogP contribution in [0.1, 0.15) is 25.8 Å². The van der Waals surface area contributed by atoms with Crippen LogP contribution in [-0.4, -0.2) is 22.4 Å². The molecule has 2 atom stereocenters. The summed E-state index contributed by atoms with van der Waals surface area (Å²) in [5.74, 6) is 0. The minimum Gasteiger partial charge on any atom is -0.312 e. The third kappa shape index (κ3) is 1.37. The van der Waals surface area contributed by atoms with Crippen molar-refractivity contribution < 1.29 is 0 Å². The van der Waals surface area contributed by atoms with Gasteiger partial charge in [-0.05, 0) is 32.4 Å². The Morgan fingerprint density at radius 3 is 3.17 bits per heavy atom. The van der Waals surface area contributed by atoms with E-state index in [1.165, 1.54) is 12.8 Å². The van der Waals surface area contributed by atoms with E-state index in [1.807, 2.05) is 23.1 Å². The lowest BCUT2D eigenvalue weighted by atomic mass is 10.1. The van der Waals surface area contributed by atoms with Gasteiger partial charge in [0.1, 0.15) is 0 Å². The first-order chi connectivity index (χ1) is 5.88. The second kappa shape index (κ2) is 3.27. The normalized spacial score (nSPS) is 25.9. The fourth-order valence-corrected chi connectivity index (χ4v) is 1.83. The molecule has 3 heteroatoms. The molecule has 1 saturated heterocycles. The molecule has 0 radical (unpaired) electrons. The van der Waals surface area contributed by atoms with Crippen molar-refractivity contribution in [2.24, 2.45) is 0 Å². The Balaban J connectivity index is 2.04. The van der Waals surface area contributed by atoms with Gasteiger partial charge in [-0.25, -0.2) is 0 Å². The van der Waals surface area contributed by atoms with Gasteiger partial charge in [0.25, 0.3) is 0 Å². The van der Waals surface area contributed by atoms with Gasteiger partial charge in [0, 0.05) is 18.4 Å². The van der Waals surface area contributed by atoms with Gasteiger partial charge in [0.2, 0.25) is 0 Å². The number of rotatable bonds is 2. The molecule has 12 heavy (non-hydrogen) atoms. The van der Waals surface area contributed by atoms with Gasteiger partial charge in [-0.2, -0.15) is 5.10 Å². The highest BCUT2D eigenvalue weighted by molar-refractivity contribution is 4.87. The van der Waals surface area contributed by atoms with Gasteiger partial charge in [-0.3, -0.25) is 4.68 Å². The molecule has 0 aliphatic carbocycles. The van der Waals surface area contributed by atoms with Crippen molar-refractivity contribution in [3.8, 4) is 0 Å². The summed E-state index contributed by atoms with van der Waals surface area (Å²) in [6, 6.07) is 3.08. The van der Waals surface area contributed by atoms with Crippen LogP contribution in [0.15, 0.2) is 18.5 Å². The smallest absolute Gasteiger partial charge is 0.0643 e. The number of hydrogen-bond donors (Lipinski definition) is 1. The van der Waals surface area contributed by atoms with E-state index < -0.39 is 0 Å². The molecule has 0 amide bonds. The van der Waals surface area contributed by atoms with Gasteiger partial charge in [0.15, 0.2) is 0 Å². The predicted molar refractivity (Wildman–Crippen MR) is 48.0 cm³/mol. The number of nitrogens with zero attached hydrogens (tertiary/aromatic N) is 2. The maximum Gasteiger partial charge on any atom is 0.0643 e. The second-order valence-corrected chi connectivity index (χ2v) is 3.43. The highest BCUT2D eigenvalue weighted by Gasteiger charge is 2.21. The zero-order valence-electron chi connectivity index (χ0n) is 7.40.